The Balaban J connectivity index is 1.40. The molecule has 4 N–H and O–H groups in total. The average Bonchev–Trinajstić information content (AvgIpc) is 3.04. The molecule has 0 spiro atoms. The number of benzene rings is 3. The SMILES string of the molecule is CCC(CN1CCC(CNC(=O)c2ccc3ccccc3c2)NC(CCN)C1=O)c1ccccc1. The highest BCUT2D eigenvalue weighted by Crippen LogP contribution is 2.22. The molecular weight excluding hydrogens is 436 g/mol. The molecule has 2 amide bonds. The number of nitrogens with one attached hydrogen (secondary N) is 2. The van der Waals surface area contributed by atoms with Gasteiger partial charge >= 0.3 is 0 Å². The molecule has 1 heterocycles. The summed E-state index contributed by atoms with van der Waals surface area (Å²) in [6.45, 7) is 4.42. The third-order valence-corrected chi connectivity index (χ3v) is 6.97. The molecule has 1 fully saturated rings. The van der Waals surface area contributed by atoms with Crippen molar-refractivity contribution in [3.63, 3.8) is 0 Å². The van der Waals surface area contributed by atoms with Crippen molar-refractivity contribution < 1.29 is 9.59 Å². The highest BCUT2D eigenvalue weighted by Gasteiger charge is 2.31. The molecule has 6 heteroatoms. The van der Waals surface area contributed by atoms with Crippen molar-refractivity contribution in [2.45, 2.75) is 44.2 Å². The number of hydrogen-bond donors (Lipinski definition) is 3. The van der Waals surface area contributed by atoms with Crippen molar-refractivity contribution in [3.05, 3.63) is 83.9 Å². The van der Waals surface area contributed by atoms with E-state index >= 15 is 0 Å². The van der Waals surface area contributed by atoms with Crippen LogP contribution >= 0.6 is 0 Å². The highest BCUT2D eigenvalue weighted by molar-refractivity contribution is 5.98. The predicted molar refractivity (Wildman–Crippen MR) is 141 cm³/mol. The minimum atomic E-state index is -0.335. The third-order valence-electron chi connectivity index (χ3n) is 6.97. The Bertz CT molecular complexity index is 1130. The van der Waals surface area contributed by atoms with Gasteiger partial charge in [0.05, 0.1) is 6.04 Å². The van der Waals surface area contributed by atoms with Gasteiger partial charge in [0.15, 0.2) is 0 Å². The van der Waals surface area contributed by atoms with Crippen LogP contribution in [0.3, 0.4) is 0 Å². The molecule has 0 saturated carbocycles. The van der Waals surface area contributed by atoms with E-state index in [4.69, 9.17) is 5.73 Å². The molecule has 1 aliphatic rings. The number of fused-ring (bicyclic) bond motifs is 1. The summed E-state index contributed by atoms with van der Waals surface area (Å²) in [5.74, 6) is 0.298. The van der Waals surface area contributed by atoms with Crippen LogP contribution in [0.1, 0.15) is 48.0 Å². The van der Waals surface area contributed by atoms with Crippen molar-refractivity contribution in [1.82, 2.24) is 15.5 Å². The molecule has 3 atom stereocenters. The topological polar surface area (TPSA) is 87.5 Å². The summed E-state index contributed by atoms with van der Waals surface area (Å²) < 4.78 is 0. The molecule has 6 nitrogen and oxygen atoms in total. The first kappa shape index (κ1) is 24.9. The van der Waals surface area contributed by atoms with Crippen LogP contribution in [0, 0.1) is 0 Å². The smallest absolute Gasteiger partial charge is 0.251 e. The second-order valence-electron chi connectivity index (χ2n) is 9.35. The van der Waals surface area contributed by atoms with Gasteiger partial charge in [-0.2, -0.15) is 0 Å². The minimum Gasteiger partial charge on any atom is -0.350 e. The van der Waals surface area contributed by atoms with Gasteiger partial charge in [0.1, 0.15) is 0 Å². The molecule has 0 aromatic heterocycles. The summed E-state index contributed by atoms with van der Waals surface area (Å²) >= 11 is 0. The summed E-state index contributed by atoms with van der Waals surface area (Å²) in [6, 6.07) is 23.8. The largest absolute Gasteiger partial charge is 0.350 e. The summed E-state index contributed by atoms with van der Waals surface area (Å²) in [7, 11) is 0. The standard InChI is InChI=1S/C29H36N4O2/c1-2-21(22-8-4-3-5-9-22)20-33-17-15-26(32-27(14-16-30)29(33)35)19-31-28(34)25-13-12-23-10-6-7-11-24(23)18-25/h3-13,18,21,26-27,32H,2,14-17,19-20,30H2,1H3,(H,31,34). The van der Waals surface area contributed by atoms with Gasteiger partial charge in [0.2, 0.25) is 5.91 Å². The monoisotopic (exact) mass is 472 g/mol. The lowest BCUT2D eigenvalue weighted by Crippen LogP contribution is -2.49. The Morgan fingerprint density at radius 3 is 2.57 bits per heavy atom. The maximum atomic E-state index is 13.4. The van der Waals surface area contributed by atoms with Crippen molar-refractivity contribution in [1.29, 1.82) is 0 Å². The maximum absolute atomic E-state index is 13.4. The fourth-order valence-electron chi connectivity index (χ4n) is 4.91. The predicted octanol–water partition coefficient (Wildman–Crippen LogP) is 3.67. The summed E-state index contributed by atoms with van der Waals surface area (Å²) in [4.78, 5) is 28.2. The van der Waals surface area contributed by atoms with E-state index < -0.39 is 0 Å². The summed E-state index contributed by atoms with van der Waals surface area (Å²) in [5, 5.41) is 8.70. The lowest BCUT2D eigenvalue weighted by atomic mass is 9.95. The van der Waals surface area contributed by atoms with Crippen LogP contribution in [-0.4, -0.2) is 55.0 Å². The third kappa shape index (κ3) is 6.27. The number of amides is 2. The second-order valence-corrected chi connectivity index (χ2v) is 9.35. The zero-order valence-corrected chi connectivity index (χ0v) is 20.5. The maximum Gasteiger partial charge on any atom is 0.251 e. The molecule has 35 heavy (non-hydrogen) atoms. The Morgan fingerprint density at radius 1 is 1.09 bits per heavy atom. The van der Waals surface area contributed by atoms with Crippen molar-refractivity contribution in [3.8, 4) is 0 Å². The van der Waals surface area contributed by atoms with Crippen LogP contribution in [-0.2, 0) is 4.79 Å². The van der Waals surface area contributed by atoms with Crippen LogP contribution in [0.2, 0.25) is 0 Å². The van der Waals surface area contributed by atoms with Gasteiger partial charge in [-0.3, -0.25) is 9.59 Å². The fourth-order valence-corrected chi connectivity index (χ4v) is 4.91. The van der Waals surface area contributed by atoms with E-state index in [9.17, 15) is 9.59 Å². The molecule has 3 unspecified atom stereocenters. The number of nitrogens with zero attached hydrogens (tertiary/aromatic N) is 1. The number of hydrogen-bond acceptors (Lipinski definition) is 4. The zero-order valence-electron chi connectivity index (χ0n) is 20.5. The fraction of sp³-hybridized carbons (Fsp3) is 0.379. The first-order valence-corrected chi connectivity index (χ1v) is 12.7. The van der Waals surface area contributed by atoms with Gasteiger partial charge in [0, 0.05) is 37.2 Å². The van der Waals surface area contributed by atoms with E-state index in [1.165, 1.54) is 5.56 Å². The molecule has 184 valence electrons. The Kier molecular flexibility index (Phi) is 8.50. The van der Waals surface area contributed by atoms with E-state index in [0.29, 0.717) is 44.1 Å². The molecular formula is C29H36N4O2. The number of carbonyl (C=O) groups is 2. The minimum absolute atomic E-state index is 0.00158. The Hall–Kier alpha value is -3.22. The van der Waals surface area contributed by atoms with Gasteiger partial charge in [-0.15, -0.1) is 0 Å². The molecule has 4 rings (SSSR count). The number of rotatable bonds is 9. The molecule has 0 bridgehead atoms. The van der Waals surface area contributed by atoms with E-state index in [1.54, 1.807) is 0 Å². The lowest BCUT2D eigenvalue weighted by molar-refractivity contribution is -0.133. The van der Waals surface area contributed by atoms with E-state index in [2.05, 4.69) is 41.8 Å². The van der Waals surface area contributed by atoms with Crippen LogP contribution in [0.15, 0.2) is 72.8 Å². The van der Waals surface area contributed by atoms with Crippen molar-refractivity contribution in [2.75, 3.05) is 26.2 Å². The van der Waals surface area contributed by atoms with Crippen LogP contribution in [0.25, 0.3) is 10.8 Å². The molecule has 3 aromatic carbocycles. The molecule has 0 radical (unpaired) electrons. The van der Waals surface area contributed by atoms with Gasteiger partial charge in [-0.05, 0) is 54.3 Å². The Morgan fingerprint density at radius 2 is 1.83 bits per heavy atom. The van der Waals surface area contributed by atoms with E-state index in [-0.39, 0.29) is 23.9 Å². The van der Waals surface area contributed by atoms with Crippen LogP contribution in [0.5, 0.6) is 0 Å². The highest BCUT2D eigenvalue weighted by atomic mass is 16.2. The van der Waals surface area contributed by atoms with Gasteiger partial charge in [-0.25, -0.2) is 0 Å². The molecule has 3 aromatic rings. The number of nitrogens with two attached hydrogens (primary N) is 1. The van der Waals surface area contributed by atoms with Gasteiger partial charge in [-0.1, -0.05) is 67.6 Å². The second kappa shape index (κ2) is 12.0. The number of carbonyl (C=O) groups excluding carboxylic acids is 2. The van der Waals surface area contributed by atoms with Crippen LogP contribution < -0.4 is 16.4 Å². The molecule has 1 saturated heterocycles. The zero-order chi connectivity index (χ0) is 24.6. The normalized spacial score (nSPS) is 19.4. The van der Waals surface area contributed by atoms with Gasteiger partial charge < -0.3 is 21.3 Å². The van der Waals surface area contributed by atoms with Gasteiger partial charge in [0.25, 0.3) is 5.91 Å². The van der Waals surface area contributed by atoms with Crippen molar-refractivity contribution >= 4 is 22.6 Å². The first-order chi connectivity index (χ1) is 17.1. The summed E-state index contributed by atoms with van der Waals surface area (Å²) in [5.41, 5.74) is 7.74. The van der Waals surface area contributed by atoms with Crippen LogP contribution in [0.4, 0.5) is 0 Å². The Labute approximate surface area is 207 Å². The average molecular weight is 473 g/mol. The van der Waals surface area contributed by atoms with Crippen molar-refractivity contribution in [2.24, 2.45) is 5.73 Å². The molecule has 0 aliphatic carbocycles. The first-order valence-electron chi connectivity index (χ1n) is 12.7. The van der Waals surface area contributed by atoms with E-state index in [0.717, 1.165) is 23.6 Å². The molecule has 1 aliphatic heterocycles. The quantitative estimate of drug-likeness (QED) is 0.443. The lowest BCUT2D eigenvalue weighted by Gasteiger charge is -2.28. The van der Waals surface area contributed by atoms with E-state index in [1.807, 2.05) is 53.4 Å². The summed E-state index contributed by atoms with van der Waals surface area (Å²) in [6.07, 6.45) is 2.32.